The highest BCUT2D eigenvalue weighted by molar-refractivity contribution is 7.47. The first-order chi connectivity index (χ1) is 40.1. The van der Waals surface area contributed by atoms with Gasteiger partial charge < -0.3 is 33.8 Å². The maximum Gasteiger partial charge on any atom is 0.472 e. The molecular weight excluding hydrogens is 1100 g/mol. The van der Waals surface area contributed by atoms with Gasteiger partial charge in [-0.2, -0.15) is 0 Å². The molecule has 0 aliphatic carbocycles. The zero-order valence-corrected chi connectivity index (χ0v) is 55.1. The van der Waals surface area contributed by atoms with Gasteiger partial charge >= 0.3 is 39.5 Å². The Labute approximate surface area is 505 Å². The number of hydrogen-bond acceptors (Lipinski definition) is 15. The number of esters is 4. The molecule has 0 aromatic heterocycles. The average Bonchev–Trinajstić information content (AvgIpc) is 3.50. The van der Waals surface area contributed by atoms with Crippen molar-refractivity contribution < 1.29 is 80.2 Å². The molecule has 0 radical (unpaired) electrons. The normalized spacial score (nSPS) is 14.6. The lowest BCUT2D eigenvalue weighted by molar-refractivity contribution is -0.161. The van der Waals surface area contributed by atoms with Crippen LogP contribution in [0, 0.1) is 5.92 Å². The van der Waals surface area contributed by atoms with Crippen LogP contribution in [-0.4, -0.2) is 96.7 Å². The fraction of sp³-hybridized carbons (Fsp3) is 0.938. The number of phosphoric acid groups is 2. The third-order valence-electron chi connectivity index (χ3n) is 15.1. The summed E-state index contributed by atoms with van der Waals surface area (Å²) in [5.74, 6) is -1.37. The summed E-state index contributed by atoms with van der Waals surface area (Å²) in [6.07, 6.45) is 41.6. The molecule has 0 aromatic rings. The summed E-state index contributed by atoms with van der Waals surface area (Å²) in [5.41, 5.74) is 0. The Balaban J connectivity index is 5.22. The third-order valence-corrected chi connectivity index (χ3v) is 17.0. The van der Waals surface area contributed by atoms with Crippen LogP contribution >= 0.6 is 15.6 Å². The molecule has 0 aliphatic rings. The van der Waals surface area contributed by atoms with Gasteiger partial charge in [-0.05, 0) is 31.6 Å². The molecule has 0 spiro atoms. The molecule has 0 saturated heterocycles. The predicted octanol–water partition coefficient (Wildman–Crippen LogP) is 17.8. The highest BCUT2D eigenvalue weighted by Crippen LogP contribution is 2.45. The molecule has 492 valence electrons. The molecule has 0 rings (SSSR count). The number of ether oxygens (including phenoxy) is 4. The van der Waals surface area contributed by atoms with Gasteiger partial charge in [-0.3, -0.25) is 37.3 Å². The van der Waals surface area contributed by atoms with E-state index in [-0.39, 0.29) is 25.7 Å². The van der Waals surface area contributed by atoms with Crippen LogP contribution in [0.25, 0.3) is 0 Å². The molecule has 0 bridgehead atoms. The summed E-state index contributed by atoms with van der Waals surface area (Å²) < 4.78 is 67.9. The molecule has 0 fully saturated rings. The van der Waals surface area contributed by atoms with Crippen LogP contribution in [0.4, 0.5) is 0 Å². The van der Waals surface area contributed by atoms with E-state index in [1.807, 2.05) is 0 Å². The Kier molecular flexibility index (Phi) is 56.4. The van der Waals surface area contributed by atoms with Crippen molar-refractivity contribution in [3.05, 3.63) is 0 Å². The topological polar surface area (TPSA) is 237 Å². The fourth-order valence-corrected chi connectivity index (χ4v) is 11.1. The quantitative estimate of drug-likeness (QED) is 0.0222. The number of carbonyl (C=O) groups excluding carboxylic acids is 4. The molecule has 19 heteroatoms. The summed E-state index contributed by atoms with van der Waals surface area (Å²) in [6, 6.07) is 0. The monoisotopic (exact) mass is 1230 g/mol. The van der Waals surface area contributed by atoms with E-state index in [0.717, 1.165) is 109 Å². The van der Waals surface area contributed by atoms with Crippen molar-refractivity contribution in [1.29, 1.82) is 0 Å². The summed E-state index contributed by atoms with van der Waals surface area (Å²) in [7, 11) is -9.88. The molecule has 3 N–H and O–H groups in total. The van der Waals surface area contributed by atoms with Crippen molar-refractivity contribution >= 4 is 39.5 Å². The smallest absolute Gasteiger partial charge is 0.462 e. The minimum atomic E-state index is -4.94. The average molecular weight is 1230 g/mol. The molecule has 83 heavy (non-hydrogen) atoms. The van der Waals surface area contributed by atoms with Crippen LogP contribution in [0.1, 0.15) is 324 Å². The minimum absolute atomic E-state index is 0.105. The van der Waals surface area contributed by atoms with E-state index in [1.54, 1.807) is 0 Å². The van der Waals surface area contributed by atoms with Crippen molar-refractivity contribution in [3.63, 3.8) is 0 Å². The van der Waals surface area contributed by atoms with Gasteiger partial charge in [0.2, 0.25) is 0 Å². The van der Waals surface area contributed by atoms with Crippen molar-refractivity contribution in [1.82, 2.24) is 0 Å². The van der Waals surface area contributed by atoms with Gasteiger partial charge in [0.1, 0.15) is 19.3 Å². The Bertz CT molecular complexity index is 1620. The van der Waals surface area contributed by atoms with Gasteiger partial charge in [-0.15, -0.1) is 0 Å². The minimum Gasteiger partial charge on any atom is -0.462 e. The van der Waals surface area contributed by atoms with Crippen molar-refractivity contribution in [3.8, 4) is 0 Å². The first-order valence-electron chi connectivity index (χ1n) is 33.7. The number of hydrogen-bond donors (Lipinski definition) is 3. The Morgan fingerprint density at radius 3 is 0.855 bits per heavy atom. The largest absolute Gasteiger partial charge is 0.472 e. The lowest BCUT2D eigenvalue weighted by Gasteiger charge is -2.21. The van der Waals surface area contributed by atoms with Crippen molar-refractivity contribution in [2.45, 2.75) is 342 Å². The van der Waals surface area contributed by atoms with Gasteiger partial charge in [0.15, 0.2) is 12.2 Å². The zero-order chi connectivity index (χ0) is 61.3. The van der Waals surface area contributed by atoms with Gasteiger partial charge in [0, 0.05) is 25.7 Å². The van der Waals surface area contributed by atoms with Crippen LogP contribution in [0.2, 0.25) is 0 Å². The second-order valence-corrected chi connectivity index (χ2v) is 26.3. The van der Waals surface area contributed by atoms with Gasteiger partial charge in [0.05, 0.1) is 26.4 Å². The van der Waals surface area contributed by atoms with Gasteiger partial charge in [-0.25, -0.2) is 9.13 Å². The lowest BCUT2D eigenvalue weighted by Crippen LogP contribution is -2.30. The Hall–Kier alpha value is -1.94. The number of carbonyl (C=O) groups is 4. The fourth-order valence-electron chi connectivity index (χ4n) is 9.55. The molecule has 0 saturated carbocycles. The number of phosphoric ester groups is 2. The van der Waals surface area contributed by atoms with Gasteiger partial charge in [0.25, 0.3) is 0 Å². The maximum atomic E-state index is 13.0. The van der Waals surface area contributed by atoms with E-state index in [9.17, 15) is 43.2 Å². The number of aliphatic hydroxyl groups excluding tert-OH is 1. The van der Waals surface area contributed by atoms with E-state index in [0.29, 0.717) is 25.7 Å². The first kappa shape index (κ1) is 81.1. The molecule has 0 aromatic carbocycles. The summed E-state index contributed by atoms with van der Waals surface area (Å²) in [4.78, 5) is 72.1. The standard InChI is InChI=1S/C64H124O17P2/c1-6-10-13-16-19-21-23-25-27-33-38-43-48-62(67)75-54-60(81-64(69)50-45-40-35-30-29-32-36-41-46-57(5)9-4)56-79-83(72,73)77-52-58(65)51-76-82(70,71)78-55-59(53-74-61(66)47-42-37-31-18-15-12-8-3)80-63(68)49-44-39-34-28-26-24-22-20-17-14-11-7-2/h57-60,65H,6-56H2,1-5H3,(H,70,71)(H,72,73)/t57?,58-,59+,60+/m0/s1. The van der Waals surface area contributed by atoms with E-state index >= 15 is 0 Å². The van der Waals surface area contributed by atoms with E-state index in [2.05, 4.69) is 34.6 Å². The molecule has 3 unspecified atom stereocenters. The molecular formula is C64H124O17P2. The first-order valence-corrected chi connectivity index (χ1v) is 36.7. The number of rotatable bonds is 64. The van der Waals surface area contributed by atoms with Crippen molar-refractivity contribution in [2.75, 3.05) is 39.6 Å². The highest BCUT2D eigenvalue weighted by atomic mass is 31.2. The zero-order valence-electron chi connectivity index (χ0n) is 53.3. The van der Waals surface area contributed by atoms with Crippen LogP contribution in [0.3, 0.4) is 0 Å². The SMILES string of the molecule is CCCCCCCCCCCCCCC(=O)OC[C@H](COP(=O)(O)OC[C@@H](O)COP(=O)(O)OC[C@@H](COC(=O)CCCCCCCCC)OC(=O)CCCCCCCCCCCCCC)OC(=O)CCCCCCCCCCC(C)CC. The number of unbranched alkanes of at least 4 members (excludes halogenated alkanes) is 35. The van der Waals surface area contributed by atoms with Crippen molar-refractivity contribution in [2.24, 2.45) is 5.92 Å². The predicted molar refractivity (Wildman–Crippen MR) is 331 cm³/mol. The second-order valence-electron chi connectivity index (χ2n) is 23.4. The second kappa shape index (κ2) is 57.8. The molecule has 0 amide bonds. The molecule has 0 heterocycles. The third kappa shape index (κ3) is 57.6. The molecule has 6 atom stereocenters. The Morgan fingerprint density at radius 1 is 0.337 bits per heavy atom. The Morgan fingerprint density at radius 2 is 0.578 bits per heavy atom. The van der Waals surface area contributed by atoms with Crippen LogP contribution in [0.15, 0.2) is 0 Å². The van der Waals surface area contributed by atoms with Crippen LogP contribution in [0.5, 0.6) is 0 Å². The van der Waals surface area contributed by atoms with Crippen LogP contribution in [-0.2, 0) is 65.4 Å². The van der Waals surface area contributed by atoms with E-state index < -0.39 is 97.5 Å². The highest BCUT2D eigenvalue weighted by Gasteiger charge is 2.30. The summed E-state index contributed by atoms with van der Waals surface area (Å²) in [5, 5.41) is 10.5. The lowest BCUT2D eigenvalue weighted by atomic mass is 9.99. The molecule has 17 nitrogen and oxygen atoms in total. The van der Waals surface area contributed by atoms with E-state index in [4.69, 9.17) is 37.0 Å². The summed E-state index contributed by atoms with van der Waals surface area (Å²) in [6.45, 7) is 7.16. The van der Waals surface area contributed by atoms with Crippen LogP contribution < -0.4 is 0 Å². The van der Waals surface area contributed by atoms with E-state index in [1.165, 1.54) is 135 Å². The molecule has 0 aliphatic heterocycles. The number of aliphatic hydroxyl groups is 1. The van der Waals surface area contributed by atoms with Gasteiger partial charge in [-0.1, -0.05) is 272 Å². The maximum absolute atomic E-state index is 13.0. The summed E-state index contributed by atoms with van der Waals surface area (Å²) >= 11 is 0.